The molecule has 7 N–H and O–H groups in total. The number of aromatic hydroxyl groups is 4. The average molecular weight is 699 g/mol. The third-order valence-electron chi connectivity index (χ3n) is 8.19. The fourth-order valence-electron chi connectivity index (χ4n) is 5.32. The predicted octanol–water partition coefficient (Wildman–Crippen LogP) is 2.50. The molecule has 0 aliphatic carbocycles. The number of Topliss-reactive ketones (excluding diaryl/α,β-unsaturated/α-hetero) is 1. The molecule has 0 amide bonds. The third kappa shape index (κ3) is 10.3. The van der Waals surface area contributed by atoms with Crippen LogP contribution < -0.4 is 9.47 Å². The van der Waals surface area contributed by atoms with Crippen molar-refractivity contribution in [2.75, 3.05) is 20.8 Å². The summed E-state index contributed by atoms with van der Waals surface area (Å²) < 4.78 is 27.5. The molecule has 1 aliphatic rings. The Bertz CT molecular complexity index is 1640. The SMILES string of the molecule is COc1ccc(/C=C/C(=O)OC[C@@H]2O[C@H](OC(CCc3ccc(O)c(O)c3)CC(=O)CCc3ccc(O)c(O)c3)[C@@H](O)[C@H](O)[C@H]2O)cc1OC. The molecule has 14 nitrogen and oxygen atoms in total. The Morgan fingerprint density at radius 1 is 0.780 bits per heavy atom. The molecule has 1 unspecified atom stereocenters. The number of rotatable bonds is 16. The highest BCUT2D eigenvalue weighted by Gasteiger charge is 2.45. The molecule has 1 heterocycles. The molecule has 1 saturated heterocycles. The maximum Gasteiger partial charge on any atom is 0.330 e. The number of ketones is 1. The summed E-state index contributed by atoms with van der Waals surface area (Å²) in [6.45, 7) is -0.504. The van der Waals surface area contributed by atoms with Crippen LogP contribution in [0.15, 0.2) is 60.7 Å². The van der Waals surface area contributed by atoms with Crippen molar-refractivity contribution in [3.8, 4) is 34.5 Å². The van der Waals surface area contributed by atoms with Crippen molar-refractivity contribution in [1.82, 2.24) is 0 Å². The summed E-state index contributed by atoms with van der Waals surface area (Å²) in [6, 6.07) is 13.5. The van der Waals surface area contributed by atoms with Crippen LogP contribution >= 0.6 is 0 Å². The number of methoxy groups -OCH3 is 2. The second kappa shape index (κ2) is 17.7. The number of aryl methyl sites for hydroxylation is 2. The molecule has 0 radical (unpaired) electrons. The van der Waals surface area contributed by atoms with E-state index < -0.39 is 49.4 Å². The zero-order valence-electron chi connectivity index (χ0n) is 27.5. The number of aliphatic hydroxyl groups is 3. The largest absolute Gasteiger partial charge is 0.504 e. The van der Waals surface area contributed by atoms with Gasteiger partial charge in [-0.05, 0) is 78.4 Å². The quantitative estimate of drug-likeness (QED) is 0.0649. The molecular weight excluding hydrogens is 656 g/mol. The van der Waals surface area contributed by atoms with Crippen LogP contribution in [0.3, 0.4) is 0 Å². The van der Waals surface area contributed by atoms with Gasteiger partial charge in [-0.25, -0.2) is 4.79 Å². The van der Waals surface area contributed by atoms with E-state index in [1.807, 2.05) is 0 Å². The molecular formula is C36H42O14. The Morgan fingerprint density at radius 2 is 1.42 bits per heavy atom. The second-order valence-electron chi connectivity index (χ2n) is 11.8. The minimum atomic E-state index is -1.74. The van der Waals surface area contributed by atoms with Crippen LogP contribution in [0.2, 0.25) is 0 Å². The van der Waals surface area contributed by atoms with Crippen LogP contribution in [-0.2, 0) is 36.6 Å². The molecule has 1 fully saturated rings. The van der Waals surface area contributed by atoms with Gasteiger partial charge in [-0.2, -0.15) is 0 Å². The van der Waals surface area contributed by atoms with Gasteiger partial charge in [0.05, 0.1) is 20.3 Å². The van der Waals surface area contributed by atoms with Gasteiger partial charge in [0.15, 0.2) is 40.8 Å². The highest BCUT2D eigenvalue weighted by atomic mass is 16.7. The van der Waals surface area contributed by atoms with Gasteiger partial charge in [-0.1, -0.05) is 18.2 Å². The average Bonchev–Trinajstić information content (AvgIpc) is 3.11. The lowest BCUT2D eigenvalue weighted by Gasteiger charge is -2.41. The van der Waals surface area contributed by atoms with Crippen LogP contribution in [0.1, 0.15) is 36.0 Å². The summed E-state index contributed by atoms with van der Waals surface area (Å²) in [6.07, 6.45) is -5.59. The number of carbonyl (C=O) groups excluding carboxylic acids is 2. The van der Waals surface area contributed by atoms with Gasteiger partial charge in [0, 0.05) is 18.9 Å². The lowest BCUT2D eigenvalue weighted by molar-refractivity contribution is -0.311. The van der Waals surface area contributed by atoms with E-state index in [9.17, 15) is 45.3 Å². The number of benzene rings is 3. The highest BCUT2D eigenvalue weighted by molar-refractivity contribution is 5.87. The van der Waals surface area contributed by atoms with E-state index in [0.29, 0.717) is 28.2 Å². The standard InChI is InChI=1S/C36H42O14/c1-46-29-13-7-22(17-30(29)47-2)8-14-32(42)48-19-31-33(43)34(44)35(45)36(50-31)49-24(10-4-21-6-12-26(39)28(41)16-21)18-23(37)9-3-20-5-11-25(38)27(40)15-20/h5-8,11-17,24,31,33-36,38-41,43-45H,3-4,9-10,18-19H2,1-2H3/b14-8+/t24?,31-,33-,34+,35-,36-/m0/s1. The third-order valence-corrected chi connectivity index (χ3v) is 8.19. The van der Waals surface area contributed by atoms with Crippen molar-refractivity contribution < 1.29 is 69.0 Å². The molecule has 0 spiro atoms. The van der Waals surface area contributed by atoms with E-state index in [4.69, 9.17) is 23.7 Å². The number of hydrogen-bond acceptors (Lipinski definition) is 14. The molecule has 0 saturated carbocycles. The van der Waals surface area contributed by atoms with Gasteiger partial charge >= 0.3 is 5.97 Å². The monoisotopic (exact) mass is 698 g/mol. The van der Waals surface area contributed by atoms with E-state index in [1.54, 1.807) is 30.3 Å². The first-order valence-electron chi connectivity index (χ1n) is 15.8. The molecule has 3 aromatic rings. The maximum absolute atomic E-state index is 13.1. The van der Waals surface area contributed by atoms with Crippen LogP contribution in [0, 0.1) is 0 Å². The minimum absolute atomic E-state index is 0.0505. The molecule has 14 heteroatoms. The zero-order valence-corrected chi connectivity index (χ0v) is 27.5. The van der Waals surface area contributed by atoms with Crippen LogP contribution in [0.4, 0.5) is 0 Å². The normalized spacial score (nSPS) is 21.1. The number of hydrogen-bond donors (Lipinski definition) is 7. The van der Waals surface area contributed by atoms with Gasteiger partial charge in [-0.3, -0.25) is 4.79 Å². The number of phenols is 4. The predicted molar refractivity (Wildman–Crippen MR) is 177 cm³/mol. The van der Waals surface area contributed by atoms with E-state index in [0.717, 1.165) is 6.08 Å². The number of esters is 1. The van der Waals surface area contributed by atoms with Crippen molar-refractivity contribution in [3.63, 3.8) is 0 Å². The summed E-state index contributed by atoms with van der Waals surface area (Å²) in [4.78, 5) is 25.6. The number of phenolic OH excluding ortho intramolecular Hbond substituents is 4. The molecule has 270 valence electrons. The first-order valence-corrected chi connectivity index (χ1v) is 15.8. The topological polar surface area (TPSA) is 222 Å². The summed E-state index contributed by atoms with van der Waals surface area (Å²) >= 11 is 0. The van der Waals surface area contributed by atoms with Gasteiger partial charge < -0.3 is 59.4 Å². The summed E-state index contributed by atoms with van der Waals surface area (Å²) in [7, 11) is 2.97. The van der Waals surface area contributed by atoms with Crippen LogP contribution in [0.5, 0.6) is 34.5 Å². The Hall–Kier alpha value is -4.86. The van der Waals surface area contributed by atoms with E-state index in [1.165, 1.54) is 44.6 Å². The number of aliphatic hydroxyl groups excluding tert-OH is 3. The molecule has 4 rings (SSSR count). The second-order valence-corrected chi connectivity index (χ2v) is 11.8. The lowest BCUT2D eigenvalue weighted by Crippen LogP contribution is -2.60. The van der Waals surface area contributed by atoms with Gasteiger partial charge in [-0.15, -0.1) is 0 Å². The zero-order chi connectivity index (χ0) is 36.4. The van der Waals surface area contributed by atoms with Crippen molar-refractivity contribution in [2.45, 2.75) is 68.9 Å². The van der Waals surface area contributed by atoms with Gasteiger partial charge in [0.25, 0.3) is 0 Å². The fraction of sp³-hybridized carbons (Fsp3) is 0.389. The van der Waals surface area contributed by atoms with Crippen molar-refractivity contribution in [2.24, 2.45) is 0 Å². The van der Waals surface area contributed by atoms with Gasteiger partial charge in [0.2, 0.25) is 0 Å². The van der Waals surface area contributed by atoms with Crippen molar-refractivity contribution >= 4 is 17.8 Å². The molecule has 6 atom stereocenters. The first-order chi connectivity index (χ1) is 23.9. The van der Waals surface area contributed by atoms with E-state index >= 15 is 0 Å². The Morgan fingerprint density at radius 3 is 2.04 bits per heavy atom. The fourth-order valence-corrected chi connectivity index (χ4v) is 5.32. The smallest absolute Gasteiger partial charge is 0.330 e. The highest BCUT2D eigenvalue weighted by Crippen LogP contribution is 2.30. The summed E-state index contributed by atoms with van der Waals surface area (Å²) in [5.41, 5.74) is 1.85. The minimum Gasteiger partial charge on any atom is -0.504 e. The first kappa shape index (κ1) is 38.0. The molecule has 3 aromatic carbocycles. The van der Waals surface area contributed by atoms with Crippen LogP contribution in [0.25, 0.3) is 6.08 Å². The number of ether oxygens (including phenoxy) is 5. The summed E-state index contributed by atoms with van der Waals surface area (Å²) in [5.74, 6) is -1.28. The Kier molecular flexibility index (Phi) is 13.4. The van der Waals surface area contributed by atoms with Crippen molar-refractivity contribution in [1.29, 1.82) is 0 Å². The molecule has 1 aliphatic heterocycles. The Balaban J connectivity index is 1.41. The maximum atomic E-state index is 13.1. The summed E-state index contributed by atoms with van der Waals surface area (Å²) in [5, 5.41) is 70.8. The molecule has 0 aromatic heterocycles. The Labute approximate surface area is 288 Å². The van der Waals surface area contributed by atoms with Gasteiger partial charge in [0.1, 0.15) is 36.8 Å². The molecule has 0 bridgehead atoms. The molecule has 50 heavy (non-hydrogen) atoms. The lowest BCUT2D eigenvalue weighted by atomic mass is 9.97. The van der Waals surface area contributed by atoms with E-state index in [-0.39, 0.29) is 60.9 Å². The van der Waals surface area contributed by atoms with E-state index in [2.05, 4.69) is 0 Å². The van der Waals surface area contributed by atoms with Crippen LogP contribution in [-0.4, -0.2) is 105 Å². The van der Waals surface area contributed by atoms with Crippen molar-refractivity contribution in [3.05, 3.63) is 77.4 Å². The number of carbonyl (C=O) groups is 2.